The Kier molecular flexibility index (Phi) is 5.95. The molecule has 0 aliphatic rings. The van der Waals surface area contributed by atoms with Crippen LogP contribution in [0.1, 0.15) is 43.6 Å². The van der Waals surface area contributed by atoms with E-state index in [0.29, 0.717) is 16.1 Å². The molecule has 0 spiro atoms. The summed E-state index contributed by atoms with van der Waals surface area (Å²) in [5, 5.41) is 3.43. The van der Waals surface area contributed by atoms with Crippen LogP contribution in [0, 0.1) is 20.8 Å². The second-order valence-electron chi connectivity index (χ2n) is 6.58. The molecule has 0 saturated carbocycles. The van der Waals surface area contributed by atoms with Gasteiger partial charge in [-0.3, -0.25) is 4.79 Å². The minimum absolute atomic E-state index is 0.241. The molecule has 0 radical (unpaired) electrons. The lowest BCUT2D eigenvalue weighted by atomic mass is 10.0. The van der Waals surface area contributed by atoms with Gasteiger partial charge >= 0.3 is 5.97 Å². The Morgan fingerprint density at radius 3 is 2.36 bits per heavy atom. The fourth-order valence-electron chi connectivity index (χ4n) is 3.04. The monoisotopic (exact) mass is 393 g/mol. The SMILES string of the molecule is CCOC(=O)c1c(NC(=O)c2ccc(C)c(C)c2)sc(C)c1-c1ccccc1. The highest BCUT2D eigenvalue weighted by Crippen LogP contribution is 2.40. The molecule has 0 aliphatic heterocycles. The van der Waals surface area contributed by atoms with E-state index in [1.807, 2.05) is 63.2 Å². The fourth-order valence-corrected chi connectivity index (χ4v) is 4.10. The molecule has 0 unspecified atom stereocenters. The molecule has 0 bridgehead atoms. The molecule has 4 nitrogen and oxygen atoms in total. The van der Waals surface area contributed by atoms with Crippen molar-refractivity contribution in [1.82, 2.24) is 0 Å². The Morgan fingerprint density at radius 1 is 1.00 bits per heavy atom. The quantitative estimate of drug-likeness (QED) is 0.560. The van der Waals surface area contributed by atoms with Gasteiger partial charge in [-0.1, -0.05) is 36.4 Å². The minimum atomic E-state index is -0.430. The number of ether oxygens (including phenoxy) is 1. The van der Waals surface area contributed by atoms with Crippen LogP contribution in [0.2, 0.25) is 0 Å². The average Bonchev–Trinajstić information content (AvgIpc) is 3.00. The number of amides is 1. The number of aryl methyl sites for hydroxylation is 3. The average molecular weight is 394 g/mol. The lowest BCUT2D eigenvalue weighted by molar-refractivity contribution is 0.0529. The van der Waals surface area contributed by atoms with Crippen LogP contribution in [0.25, 0.3) is 11.1 Å². The van der Waals surface area contributed by atoms with Gasteiger partial charge in [0.05, 0.1) is 6.61 Å². The van der Waals surface area contributed by atoms with Gasteiger partial charge in [0.25, 0.3) is 5.91 Å². The highest BCUT2D eigenvalue weighted by atomic mass is 32.1. The van der Waals surface area contributed by atoms with E-state index in [9.17, 15) is 9.59 Å². The Morgan fingerprint density at radius 2 is 1.71 bits per heavy atom. The van der Waals surface area contributed by atoms with E-state index in [2.05, 4.69) is 5.32 Å². The molecule has 0 fully saturated rings. The Labute approximate surface area is 169 Å². The highest BCUT2D eigenvalue weighted by molar-refractivity contribution is 7.17. The van der Waals surface area contributed by atoms with Crippen molar-refractivity contribution in [1.29, 1.82) is 0 Å². The molecular formula is C23H23NO3S. The zero-order valence-electron chi connectivity index (χ0n) is 16.5. The van der Waals surface area contributed by atoms with E-state index in [-0.39, 0.29) is 12.5 Å². The van der Waals surface area contributed by atoms with E-state index in [1.54, 1.807) is 13.0 Å². The van der Waals surface area contributed by atoms with E-state index < -0.39 is 5.97 Å². The van der Waals surface area contributed by atoms with Crippen molar-refractivity contribution < 1.29 is 14.3 Å². The number of anilines is 1. The Balaban J connectivity index is 2.04. The van der Waals surface area contributed by atoms with Crippen LogP contribution in [-0.2, 0) is 4.74 Å². The van der Waals surface area contributed by atoms with Crippen molar-refractivity contribution in [2.24, 2.45) is 0 Å². The molecule has 1 amide bonds. The Bertz CT molecular complexity index is 1020. The molecule has 3 rings (SSSR count). The summed E-state index contributed by atoms with van der Waals surface area (Å²) in [7, 11) is 0. The van der Waals surface area contributed by atoms with Crippen LogP contribution in [0.5, 0.6) is 0 Å². The van der Waals surface area contributed by atoms with Crippen molar-refractivity contribution >= 4 is 28.2 Å². The zero-order valence-corrected chi connectivity index (χ0v) is 17.3. The summed E-state index contributed by atoms with van der Waals surface area (Å²) >= 11 is 1.39. The maximum atomic E-state index is 12.8. The number of hydrogen-bond donors (Lipinski definition) is 1. The van der Waals surface area contributed by atoms with Gasteiger partial charge in [-0.25, -0.2) is 4.79 Å². The van der Waals surface area contributed by atoms with Crippen molar-refractivity contribution in [2.45, 2.75) is 27.7 Å². The van der Waals surface area contributed by atoms with E-state index >= 15 is 0 Å². The van der Waals surface area contributed by atoms with Gasteiger partial charge < -0.3 is 10.1 Å². The normalized spacial score (nSPS) is 10.6. The maximum absolute atomic E-state index is 12.8. The van der Waals surface area contributed by atoms with Crippen molar-refractivity contribution in [3.63, 3.8) is 0 Å². The van der Waals surface area contributed by atoms with Crippen LogP contribution in [0.15, 0.2) is 48.5 Å². The van der Waals surface area contributed by atoms with Crippen LogP contribution in [0.4, 0.5) is 5.00 Å². The first kappa shape index (κ1) is 19.8. The molecule has 1 aromatic heterocycles. The number of carbonyl (C=O) groups is 2. The number of hydrogen-bond acceptors (Lipinski definition) is 4. The van der Waals surface area contributed by atoms with Crippen LogP contribution in [-0.4, -0.2) is 18.5 Å². The van der Waals surface area contributed by atoms with Gasteiger partial charge in [0.2, 0.25) is 0 Å². The number of rotatable bonds is 5. The summed E-state index contributed by atoms with van der Waals surface area (Å²) in [4.78, 5) is 26.5. The topological polar surface area (TPSA) is 55.4 Å². The largest absolute Gasteiger partial charge is 0.462 e. The molecular weight excluding hydrogens is 370 g/mol. The Hall–Kier alpha value is -2.92. The molecule has 1 N–H and O–H groups in total. The zero-order chi connectivity index (χ0) is 20.3. The van der Waals surface area contributed by atoms with Gasteiger partial charge in [0, 0.05) is 16.0 Å². The van der Waals surface area contributed by atoms with E-state index in [1.165, 1.54) is 11.3 Å². The molecule has 0 aliphatic carbocycles. The molecule has 2 aromatic carbocycles. The van der Waals surface area contributed by atoms with Crippen LogP contribution >= 0.6 is 11.3 Å². The first-order valence-electron chi connectivity index (χ1n) is 9.17. The number of thiophene rings is 1. The third-order valence-corrected chi connectivity index (χ3v) is 5.64. The minimum Gasteiger partial charge on any atom is -0.462 e. The lowest BCUT2D eigenvalue weighted by Gasteiger charge is -2.10. The summed E-state index contributed by atoms with van der Waals surface area (Å²) in [5.74, 6) is -0.671. The second kappa shape index (κ2) is 8.40. The van der Waals surface area contributed by atoms with Crippen LogP contribution < -0.4 is 5.32 Å². The highest BCUT2D eigenvalue weighted by Gasteiger charge is 2.25. The number of carbonyl (C=O) groups excluding carboxylic acids is 2. The molecule has 0 saturated heterocycles. The van der Waals surface area contributed by atoms with Crippen molar-refractivity contribution in [3.05, 3.63) is 75.7 Å². The summed E-state index contributed by atoms with van der Waals surface area (Å²) in [6.45, 7) is 7.96. The molecule has 144 valence electrons. The van der Waals surface area contributed by atoms with E-state index in [4.69, 9.17) is 4.74 Å². The maximum Gasteiger partial charge on any atom is 0.341 e. The molecule has 5 heteroatoms. The standard InChI is InChI=1S/C23H23NO3S/c1-5-27-23(26)20-19(17-9-7-6-8-10-17)16(4)28-22(20)24-21(25)18-12-11-14(2)15(3)13-18/h6-13H,5H2,1-4H3,(H,24,25). The summed E-state index contributed by atoms with van der Waals surface area (Å²) in [5.41, 5.74) is 4.87. The first-order valence-corrected chi connectivity index (χ1v) is 9.98. The van der Waals surface area contributed by atoms with Crippen molar-refractivity contribution in [3.8, 4) is 11.1 Å². The molecule has 3 aromatic rings. The second-order valence-corrected chi connectivity index (χ2v) is 7.80. The number of benzene rings is 2. The smallest absolute Gasteiger partial charge is 0.341 e. The first-order chi connectivity index (χ1) is 13.4. The van der Waals surface area contributed by atoms with Gasteiger partial charge in [0.15, 0.2) is 0 Å². The summed E-state index contributed by atoms with van der Waals surface area (Å²) in [6.07, 6.45) is 0. The van der Waals surface area contributed by atoms with Crippen LogP contribution in [0.3, 0.4) is 0 Å². The van der Waals surface area contributed by atoms with Gasteiger partial charge in [-0.05, 0) is 56.5 Å². The number of nitrogens with one attached hydrogen (secondary N) is 1. The predicted molar refractivity (Wildman–Crippen MR) is 114 cm³/mol. The predicted octanol–water partition coefficient (Wildman–Crippen LogP) is 5.77. The molecule has 0 atom stereocenters. The number of esters is 1. The fraction of sp³-hybridized carbons (Fsp3) is 0.217. The van der Waals surface area contributed by atoms with Gasteiger partial charge in [0.1, 0.15) is 10.6 Å². The van der Waals surface area contributed by atoms with E-state index in [0.717, 1.165) is 27.1 Å². The molecule has 28 heavy (non-hydrogen) atoms. The lowest BCUT2D eigenvalue weighted by Crippen LogP contribution is -2.15. The summed E-state index contributed by atoms with van der Waals surface area (Å²) in [6, 6.07) is 15.2. The third-order valence-electron chi connectivity index (χ3n) is 4.62. The molecule has 1 heterocycles. The summed E-state index contributed by atoms with van der Waals surface area (Å²) < 4.78 is 5.28. The van der Waals surface area contributed by atoms with Crippen molar-refractivity contribution in [2.75, 3.05) is 11.9 Å². The van der Waals surface area contributed by atoms with Gasteiger partial charge in [-0.2, -0.15) is 0 Å². The third kappa shape index (κ3) is 3.99. The van der Waals surface area contributed by atoms with Gasteiger partial charge in [-0.15, -0.1) is 11.3 Å².